The molecule has 1 unspecified atom stereocenters. The summed E-state index contributed by atoms with van der Waals surface area (Å²) in [6.07, 6.45) is -3.95. The van der Waals surface area contributed by atoms with E-state index in [0.717, 1.165) is 6.07 Å². The Morgan fingerprint density at radius 2 is 2.11 bits per heavy atom. The third-order valence-electron chi connectivity index (χ3n) is 2.51. The van der Waals surface area contributed by atoms with Gasteiger partial charge in [0.05, 0.1) is 5.56 Å². The van der Waals surface area contributed by atoms with Crippen LogP contribution < -0.4 is 16.8 Å². The van der Waals surface area contributed by atoms with E-state index in [2.05, 4.69) is 10.3 Å². The Bertz CT molecular complexity index is 462. The van der Waals surface area contributed by atoms with Gasteiger partial charge in [-0.15, -0.1) is 0 Å². The molecule has 0 fully saturated rings. The Hall–Kier alpha value is -1.83. The number of alkyl halides is 3. The maximum atomic E-state index is 12.5. The third-order valence-corrected chi connectivity index (χ3v) is 2.51. The van der Waals surface area contributed by atoms with Gasteiger partial charge >= 0.3 is 6.18 Å². The number of nitrogens with two attached hydrogens (primary N) is 2. The summed E-state index contributed by atoms with van der Waals surface area (Å²) in [5.74, 6) is -1.06. The summed E-state index contributed by atoms with van der Waals surface area (Å²) in [5.41, 5.74) is 9.53. The molecule has 1 rings (SSSR count). The highest BCUT2D eigenvalue weighted by Gasteiger charge is 2.33. The van der Waals surface area contributed by atoms with Crippen LogP contribution in [0.4, 0.5) is 19.0 Å². The number of rotatable bonds is 5. The fraction of sp³-hybridized carbons (Fsp3) is 0.455. The van der Waals surface area contributed by atoms with Crippen molar-refractivity contribution in [2.24, 2.45) is 11.5 Å². The van der Waals surface area contributed by atoms with Gasteiger partial charge < -0.3 is 16.8 Å². The molecule has 0 saturated carbocycles. The summed E-state index contributed by atoms with van der Waals surface area (Å²) in [4.78, 5) is 14.5. The second-order valence-electron chi connectivity index (χ2n) is 4.00. The predicted molar refractivity (Wildman–Crippen MR) is 64.5 cm³/mol. The summed E-state index contributed by atoms with van der Waals surface area (Å²) >= 11 is 0. The minimum atomic E-state index is -4.58. The second kappa shape index (κ2) is 5.87. The number of nitrogens with zero attached hydrogens (tertiary/aromatic N) is 1. The number of aromatic nitrogens is 1. The molecule has 0 bridgehead atoms. The van der Waals surface area contributed by atoms with Crippen molar-refractivity contribution in [3.8, 4) is 0 Å². The average Bonchev–Trinajstić information content (AvgIpc) is 2.34. The number of halogens is 3. The van der Waals surface area contributed by atoms with Gasteiger partial charge in [-0.3, -0.25) is 4.79 Å². The number of hydrogen-bond acceptors (Lipinski definition) is 4. The van der Waals surface area contributed by atoms with Crippen LogP contribution in [0, 0.1) is 0 Å². The zero-order chi connectivity index (χ0) is 14.6. The van der Waals surface area contributed by atoms with Crippen molar-refractivity contribution in [3.63, 3.8) is 0 Å². The van der Waals surface area contributed by atoms with Crippen molar-refractivity contribution in [2.75, 3.05) is 11.9 Å². The van der Waals surface area contributed by atoms with Gasteiger partial charge in [0.2, 0.25) is 0 Å². The average molecular weight is 276 g/mol. The van der Waals surface area contributed by atoms with E-state index < -0.39 is 17.8 Å². The SMILES string of the molecule is CCC(N)CNc1nc(C(F)(F)F)ccc1C(N)=O. The zero-order valence-electron chi connectivity index (χ0n) is 10.3. The predicted octanol–water partition coefficient (Wildman–Crippen LogP) is 1.35. The first-order valence-electron chi connectivity index (χ1n) is 5.63. The molecule has 0 aliphatic heterocycles. The van der Waals surface area contributed by atoms with E-state index >= 15 is 0 Å². The Morgan fingerprint density at radius 3 is 2.58 bits per heavy atom. The topological polar surface area (TPSA) is 94.0 Å². The highest BCUT2D eigenvalue weighted by Crippen LogP contribution is 2.29. The van der Waals surface area contributed by atoms with Crippen molar-refractivity contribution >= 4 is 11.7 Å². The normalized spacial score (nSPS) is 13.1. The number of anilines is 1. The van der Waals surface area contributed by atoms with E-state index in [9.17, 15) is 18.0 Å². The maximum Gasteiger partial charge on any atom is 0.433 e. The maximum absolute atomic E-state index is 12.5. The number of carbonyl (C=O) groups excluding carboxylic acids is 1. The highest BCUT2D eigenvalue weighted by molar-refractivity contribution is 5.97. The lowest BCUT2D eigenvalue weighted by Gasteiger charge is -2.15. The number of nitrogens with one attached hydrogen (secondary N) is 1. The quantitative estimate of drug-likeness (QED) is 0.756. The molecule has 1 atom stereocenters. The van der Waals surface area contributed by atoms with E-state index in [1.54, 1.807) is 0 Å². The van der Waals surface area contributed by atoms with Crippen LogP contribution in [0.2, 0.25) is 0 Å². The van der Waals surface area contributed by atoms with E-state index in [-0.39, 0.29) is 24.0 Å². The van der Waals surface area contributed by atoms with Crippen molar-refractivity contribution in [1.29, 1.82) is 0 Å². The molecule has 0 spiro atoms. The Morgan fingerprint density at radius 1 is 1.47 bits per heavy atom. The van der Waals surface area contributed by atoms with Crippen molar-refractivity contribution < 1.29 is 18.0 Å². The van der Waals surface area contributed by atoms with E-state index in [4.69, 9.17) is 11.5 Å². The third kappa shape index (κ3) is 4.09. The lowest BCUT2D eigenvalue weighted by atomic mass is 10.2. The molecule has 0 aromatic carbocycles. The number of carbonyl (C=O) groups is 1. The molecule has 1 amide bonds. The monoisotopic (exact) mass is 276 g/mol. The van der Waals surface area contributed by atoms with Crippen LogP contribution in [-0.4, -0.2) is 23.5 Å². The van der Waals surface area contributed by atoms with Crippen LogP contribution in [0.1, 0.15) is 29.4 Å². The summed E-state index contributed by atoms with van der Waals surface area (Å²) in [7, 11) is 0. The largest absolute Gasteiger partial charge is 0.433 e. The fourth-order valence-corrected chi connectivity index (χ4v) is 1.32. The number of hydrogen-bond donors (Lipinski definition) is 3. The van der Waals surface area contributed by atoms with Gasteiger partial charge in [-0.05, 0) is 18.6 Å². The van der Waals surface area contributed by atoms with E-state index in [0.29, 0.717) is 12.5 Å². The fourth-order valence-electron chi connectivity index (χ4n) is 1.32. The minimum absolute atomic E-state index is 0.101. The second-order valence-corrected chi connectivity index (χ2v) is 4.00. The van der Waals surface area contributed by atoms with Gasteiger partial charge in [-0.1, -0.05) is 6.92 Å². The molecule has 8 heteroatoms. The highest BCUT2D eigenvalue weighted by atomic mass is 19.4. The van der Waals surface area contributed by atoms with Crippen LogP contribution in [0.5, 0.6) is 0 Å². The van der Waals surface area contributed by atoms with Gasteiger partial charge in [0, 0.05) is 12.6 Å². The number of primary amides is 1. The van der Waals surface area contributed by atoms with Gasteiger partial charge in [-0.25, -0.2) is 4.98 Å². The minimum Gasteiger partial charge on any atom is -0.368 e. The first-order valence-corrected chi connectivity index (χ1v) is 5.63. The smallest absolute Gasteiger partial charge is 0.368 e. The van der Waals surface area contributed by atoms with E-state index in [1.807, 2.05) is 6.92 Å². The standard InChI is InChI=1S/C11H15F3N4O/c1-2-6(15)5-17-10-7(9(16)19)3-4-8(18-10)11(12,13)14/h3-4,6H,2,5,15H2,1H3,(H2,16,19)(H,17,18). The van der Waals surface area contributed by atoms with Gasteiger partial charge in [0.15, 0.2) is 0 Å². The number of amides is 1. The lowest BCUT2D eigenvalue weighted by Crippen LogP contribution is -2.29. The molecular weight excluding hydrogens is 261 g/mol. The molecule has 5 nitrogen and oxygen atoms in total. The molecule has 0 radical (unpaired) electrons. The molecule has 0 saturated heterocycles. The molecule has 106 valence electrons. The van der Waals surface area contributed by atoms with Gasteiger partial charge in [-0.2, -0.15) is 13.2 Å². The Kier molecular flexibility index (Phi) is 4.71. The molecule has 5 N–H and O–H groups in total. The molecular formula is C11H15F3N4O. The number of pyridine rings is 1. The Balaban J connectivity index is 3.06. The molecule has 0 aliphatic carbocycles. The van der Waals surface area contributed by atoms with E-state index in [1.165, 1.54) is 0 Å². The molecule has 1 aromatic rings. The molecule has 19 heavy (non-hydrogen) atoms. The first kappa shape index (κ1) is 15.2. The Labute approximate surface area is 108 Å². The van der Waals surface area contributed by atoms with Crippen LogP contribution in [0.3, 0.4) is 0 Å². The molecule has 1 aromatic heterocycles. The van der Waals surface area contributed by atoms with Crippen LogP contribution in [-0.2, 0) is 6.18 Å². The van der Waals surface area contributed by atoms with Crippen LogP contribution >= 0.6 is 0 Å². The summed E-state index contributed by atoms with van der Waals surface area (Å²) in [6.45, 7) is 2.03. The van der Waals surface area contributed by atoms with Gasteiger partial charge in [0.25, 0.3) is 5.91 Å². The zero-order valence-corrected chi connectivity index (χ0v) is 10.3. The summed E-state index contributed by atoms with van der Waals surface area (Å²) < 4.78 is 37.6. The van der Waals surface area contributed by atoms with Crippen molar-refractivity contribution in [3.05, 3.63) is 23.4 Å². The molecule has 0 aliphatic rings. The van der Waals surface area contributed by atoms with Crippen molar-refractivity contribution in [1.82, 2.24) is 4.98 Å². The lowest BCUT2D eigenvalue weighted by molar-refractivity contribution is -0.141. The van der Waals surface area contributed by atoms with Crippen molar-refractivity contribution in [2.45, 2.75) is 25.6 Å². The molecule has 1 heterocycles. The van der Waals surface area contributed by atoms with Crippen LogP contribution in [0.15, 0.2) is 12.1 Å². The van der Waals surface area contributed by atoms with Crippen LogP contribution in [0.25, 0.3) is 0 Å². The first-order chi connectivity index (χ1) is 8.75. The van der Waals surface area contributed by atoms with Gasteiger partial charge in [0.1, 0.15) is 11.5 Å². The summed E-state index contributed by atoms with van der Waals surface area (Å²) in [5, 5.41) is 2.62. The summed E-state index contributed by atoms with van der Waals surface area (Å²) in [6, 6.07) is 1.46.